The molecule has 2 aliphatic carbocycles. The molecule has 132 valence electrons. The third kappa shape index (κ3) is 2.63. The van der Waals surface area contributed by atoms with E-state index in [1.54, 1.807) is 0 Å². The standard InChI is InChI=1S/C20H18BrN3O2/c1-11-17-15(10-16(12-2-3-12)22-19(17)26-24-11)18(25)23-20(8-9-20)13-4-6-14(21)7-5-13/h4-7,10,12H,2-3,8-9H2,1H3,(H,23,25). The fourth-order valence-corrected chi connectivity index (χ4v) is 3.81. The van der Waals surface area contributed by atoms with Crippen LogP contribution < -0.4 is 5.32 Å². The molecule has 6 heteroatoms. The van der Waals surface area contributed by atoms with Crippen LogP contribution in [0.25, 0.3) is 11.1 Å². The Morgan fingerprint density at radius 2 is 2.00 bits per heavy atom. The molecule has 5 rings (SSSR count). The van der Waals surface area contributed by atoms with Gasteiger partial charge in [-0.1, -0.05) is 33.2 Å². The summed E-state index contributed by atoms with van der Waals surface area (Å²) in [6.07, 6.45) is 4.14. The summed E-state index contributed by atoms with van der Waals surface area (Å²) in [5.41, 5.74) is 3.60. The third-order valence-corrected chi connectivity index (χ3v) is 5.91. The van der Waals surface area contributed by atoms with Crippen molar-refractivity contribution < 1.29 is 9.32 Å². The largest absolute Gasteiger partial charge is 0.342 e. The molecule has 2 aromatic heterocycles. The van der Waals surface area contributed by atoms with Crippen LogP contribution in [0.5, 0.6) is 0 Å². The lowest BCUT2D eigenvalue weighted by Crippen LogP contribution is -2.35. The number of nitrogens with one attached hydrogen (secondary N) is 1. The lowest BCUT2D eigenvalue weighted by molar-refractivity contribution is 0.0932. The topological polar surface area (TPSA) is 68.0 Å². The number of pyridine rings is 1. The molecule has 0 radical (unpaired) electrons. The van der Waals surface area contributed by atoms with E-state index in [0.717, 1.165) is 46.8 Å². The molecule has 1 N–H and O–H groups in total. The van der Waals surface area contributed by atoms with Gasteiger partial charge in [-0.25, -0.2) is 4.98 Å². The van der Waals surface area contributed by atoms with Crippen LogP contribution in [0.4, 0.5) is 0 Å². The molecule has 0 atom stereocenters. The van der Waals surface area contributed by atoms with E-state index in [1.165, 1.54) is 0 Å². The Balaban J connectivity index is 1.52. The normalized spacial score (nSPS) is 18.1. The predicted molar refractivity (Wildman–Crippen MR) is 101 cm³/mol. The van der Waals surface area contributed by atoms with Crippen molar-refractivity contribution in [3.63, 3.8) is 0 Å². The fourth-order valence-electron chi connectivity index (χ4n) is 3.55. The molecule has 2 aliphatic rings. The van der Waals surface area contributed by atoms with Gasteiger partial charge < -0.3 is 9.84 Å². The average molecular weight is 412 g/mol. The van der Waals surface area contributed by atoms with Gasteiger partial charge in [0, 0.05) is 16.1 Å². The van der Waals surface area contributed by atoms with Crippen molar-refractivity contribution in [2.45, 2.75) is 44.1 Å². The first-order valence-corrected chi connectivity index (χ1v) is 9.70. The van der Waals surface area contributed by atoms with Gasteiger partial charge in [0.05, 0.1) is 22.2 Å². The van der Waals surface area contributed by atoms with E-state index in [4.69, 9.17) is 4.52 Å². The summed E-state index contributed by atoms with van der Waals surface area (Å²) < 4.78 is 6.39. The number of rotatable bonds is 4. The minimum Gasteiger partial charge on any atom is -0.342 e. The van der Waals surface area contributed by atoms with Crippen LogP contribution in [-0.2, 0) is 5.54 Å². The van der Waals surface area contributed by atoms with Gasteiger partial charge in [-0.05, 0) is 56.4 Å². The lowest BCUT2D eigenvalue weighted by atomic mass is 10.0. The van der Waals surface area contributed by atoms with E-state index >= 15 is 0 Å². The van der Waals surface area contributed by atoms with Crippen molar-refractivity contribution in [2.24, 2.45) is 0 Å². The zero-order valence-electron chi connectivity index (χ0n) is 14.4. The summed E-state index contributed by atoms with van der Waals surface area (Å²) in [5, 5.41) is 8.00. The van der Waals surface area contributed by atoms with Gasteiger partial charge in [-0.2, -0.15) is 0 Å². The monoisotopic (exact) mass is 411 g/mol. The molecular weight excluding hydrogens is 394 g/mol. The third-order valence-electron chi connectivity index (χ3n) is 5.38. The van der Waals surface area contributed by atoms with Crippen LogP contribution in [0.3, 0.4) is 0 Å². The summed E-state index contributed by atoms with van der Waals surface area (Å²) in [6, 6.07) is 10.1. The smallest absolute Gasteiger partial charge is 0.259 e. The number of hydrogen-bond donors (Lipinski definition) is 1. The van der Waals surface area contributed by atoms with Gasteiger partial charge in [-0.15, -0.1) is 0 Å². The van der Waals surface area contributed by atoms with Gasteiger partial charge >= 0.3 is 0 Å². The lowest BCUT2D eigenvalue weighted by Gasteiger charge is -2.18. The highest BCUT2D eigenvalue weighted by atomic mass is 79.9. The first-order valence-electron chi connectivity index (χ1n) is 8.91. The minimum atomic E-state index is -0.266. The number of hydrogen-bond acceptors (Lipinski definition) is 4. The number of fused-ring (bicyclic) bond motifs is 1. The van der Waals surface area contributed by atoms with E-state index < -0.39 is 0 Å². The number of amides is 1. The van der Waals surface area contributed by atoms with E-state index in [-0.39, 0.29) is 11.4 Å². The summed E-state index contributed by atoms with van der Waals surface area (Å²) in [6.45, 7) is 1.85. The molecule has 1 amide bonds. The van der Waals surface area contributed by atoms with Crippen LogP contribution in [-0.4, -0.2) is 16.0 Å². The summed E-state index contributed by atoms with van der Waals surface area (Å²) in [5.74, 6) is 0.365. The van der Waals surface area contributed by atoms with Gasteiger partial charge in [0.2, 0.25) is 0 Å². The SMILES string of the molecule is Cc1noc2nc(C3CC3)cc(C(=O)NC3(c4ccc(Br)cc4)CC3)c12. The van der Waals surface area contributed by atoms with Gasteiger partial charge in [0.15, 0.2) is 0 Å². The second-order valence-corrected chi connectivity index (χ2v) is 8.28. The zero-order valence-corrected chi connectivity index (χ0v) is 16.0. The molecule has 0 saturated heterocycles. The van der Waals surface area contributed by atoms with Crippen LogP contribution in [0.2, 0.25) is 0 Å². The fraction of sp³-hybridized carbons (Fsp3) is 0.350. The van der Waals surface area contributed by atoms with Crippen molar-refractivity contribution in [3.05, 3.63) is 57.3 Å². The zero-order chi connectivity index (χ0) is 17.9. The first-order chi connectivity index (χ1) is 12.6. The summed E-state index contributed by atoms with van der Waals surface area (Å²) in [4.78, 5) is 17.7. The van der Waals surface area contributed by atoms with Crippen LogP contribution in [0.1, 0.15) is 58.9 Å². The maximum absolute atomic E-state index is 13.2. The van der Waals surface area contributed by atoms with Crippen LogP contribution in [0, 0.1) is 6.92 Å². The van der Waals surface area contributed by atoms with Crippen LogP contribution >= 0.6 is 15.9 Å². The predicted octanol–water partition coefficient (Wildman–Crippen LogP) is 4.59. The number of nitrogens with zero attached hydrogens (tertiary/aromatic N) is 2. The van der Waals surface area contributed by atoms with E-state index in [0.29, 0.717) is 22.9 Å². The molecule has 2 heterocycles. The number of carbonyl (C=O) groups is 1. The van der Waals surface area contributed by atoms with Crippen molar-refractivity contribution in [1.82, 2.24) is 15.5 Å². The Morgan fingerprint density at radius 1 is 1.27 bits per heavy atom. The first kappa shape index (κ1) is 16.0. The molecule has 2 fully saturated rings. The van der Waals surface area contributed by atoms with Crippen molar-refractivity contribution in [2.75, 3.05) is 0 Å². The van der Waals surface area contributed by atoms with E-state index in [9.17, 15) is 4.79 Å². The number of carbonyl (C=O) groups excluding carboxylic acids is 1. The number of halogens is 1. The Hall–Kier alpha value is -2.21. The maximum Gasteiger partial charge on any atom is 0.259 e. The summed E-state index contributed by atoms with van der Waals surface area (Å²) in [7, 11) is 0. The second kappa shape index (κ2) is 5.64. The van der Waals surface area contributed by atoms with Gasteiger partial charge in [0.25, 0.3) is 11.6 Å². The number of aromatic nitrogens is 2. The summed E-state index contributed by atoms with van der Waals surface area (Å²) >= 11 is 3.47. The highest BCUT2D eigenvalue weighted by molar-refractivity contribution is 9.10. The molecular formula is C20H18BrN3O2. The highest BCUT2D eigenvalue weighted by Gasteiger charge is 2.46. The molecule has 0 spiro atoms. The molecule has 1 aromatic carbocycles. The number of benzene rings is 1. The molecule has 0 bridgehead atoms. The Labute approximate surface area is 159 Å². The molecule has 5 nitrogen and oxygen atoms in total. The highest BCUT2D eigenvalue weighted by Crippen LogP contribution is 2.46. The average Bonchev–Trinajstić information content (AvgIpc) is 3.55. The van der Waals surface area contributed by atoms with Crippen LogP contribution in [0.15, 0.2) is 39.3 Å². The van der Waals surface area contributed by atoms with E-state index in [1.807, 2.05) is 25.1 Å². The Kier molecular flexibility index (Phi) is 3.47. The molecule has 2 saturated carbocycles. The quantitative estimate of drug-likeness (QED) is 0.681. The maximum atomic E-state index is 13.2. The van der Waals surface area contributed by atoms with Gasteiger partial charge in [0.1, 0.15) is 0 Å². The molecule has 3 aromatic rings. The minimum absolute atomic E-state index is 0.0778. The van der Waals surface area contributed by atoms with Crippen molar-refractivity contribution in [3.8, 4) is 0 Å². The van der Waals surface area contributed by atoms with E-state index in [2.05, 4.69) is 43.5 Å². The molecule has 26 heavy (non-hydrogen) atoms. The molecule has 0 aliphatic heterocycles. The van der Waals surface area contributed by atoms with Gasteiger partial charge in [-0.3, -0.25) is 4.79 Å². The van der Waals surface area contributed by atoms with Crippen molar-refractivity contribution >= 4 is 32.9 Å². The Bertz CT molecular complexity index is 1020. The number of aryl methyl sites for hydroxylation is 1. The Morgan fingerprint density at radius 3 is 2.65 bits per heavy atom. The van der Waals surface area contributed by atoms with Crippen molar-refractivity contribution in [1.29, 1.82) is 0 Å². The second-order valence-electron chi connectivity index (χ2n) is 7.36. The molecule has 0 unspecified atom stereocenters.